The molecule has 38 heavy (non-hydrogen) atoms. The Balaban J connectivity index is 1.50. The molecule has 0 N–H and O–H groups in total. The molecule has 180 valence electrons. The lowest BCUT2D eigenvalue weighted by Crippen LogP contribution is -2.35. The normalized spacial score (nSPS) is 13.9. The lowest BCUT2D eigenvalue weighted by molar-refractivity contribution is 0.783. The number of amidine groups is 2. The van der Waals surface area contributed by atoms with Gasteiger partial charge in [0.2, 0.25) is 11.0 Å². The number of rotatable bonds is 4. The number of hydrogen-bond donors (Lipinski definition) is 0. The molecule has 0 saturated heterocycles. The van der Waals surface area contributed by atoms with Crippen LogP contribution in [0, 0.1) is 0 Å². The van der Waals surface area contributed by atoms with E-state index in [-0.39, 0.29) is 0 Å². The average molecular weight is 492 g/mol. The average Bonchev–Trinajstić information content (AvgIpc) is 3.00. The molecule has 0 bridgehead atoms. The number of nitrogens with zero attached hydrogens (tertiary/aromatic N) is 7. The van der Waals surface area contributed by atoms with E-state index < -0.39 is 0 Å². The van der Waals surface area contributed by atoms with Crippen LogP contribution in [0.25, 0.3) is 5.32 Å². The fraction of sp³-hybridized carbons (Fsp3) is 0. The van der Waals surface area contributed by atoms with Gasteiger partial charge in [-0.05, 0) is 17.7 Å². The quantitative estimate of drug-likeness (QED) is 0.315. The van der Waals surface area contributed by atoms with Gasteiger partial charge in [0.1, 0.15) is 11.2 Å². The van der Waals surface area contributed by atoms with Crippen molar-refractivity contribution in [2.45, 2.75) is 0 Å². The van der Waals surface area contributed by atoms with Gasteiger partial charge in [0.15, 0.2) is 5.84 Å². The molecule has 3 heterocycles. The van der Waals surface area contributed by atoms with Gasteiger partial charge in [-0.1, -0.05) is 97.1 Å². The molecule has 7 rings (SSSR count). The maximum atomic E-state index is 4.98. The van der Waals surface area contributed by atoms with Gasteiger partial charge in [-0.25, -0.2) is 10.0 Å². The zero-order chi connectivity index (χ0) is 25.3. The predicted octanol–water partition coefficient (Wildman–Crippen LogP) is 5.42. The summed E-state index contributed by atoms with van der Waals surface area (Å²) in [6, 6.07) is 41.9. The van der Waals surface area contributed by atoms with E-state index in [9.17, 15) is 0 Å². The molecular weight excluding hydrogens is 470 g/mol. The summed E-state index contributed by atoms with van der Waals surface area (Å²) in [5.41, 5.74) is 4.94. The summed E-state index contributed by atoms with van der Waals surface area (Å²) in [5, 5.41) is 17.4. The van der Waals surface area contributed by atoms with Crippen molar-refractivity contribution in [2.24, 2.45) is 15.2 Å². The molecule has 0 atom stereocenters. The van der Waals surface area contributed by atoms with Gasteiger partial charge < -0.3 is 10.3 Å². The van der Waals surface area contributed by atoms with Crippen LogP contribution in [0.2, 0.25) is 0 Å². The van der Waals surface area contributed by atoms with E-state index in [1.807, 2.05) is 137 Å². The third kappa shape index (κ3) is 3.92. The highest BCUT2D eigenvalue weighted by atomic mass is 15.5. The van der Waals surface area contributed by atoms with Crippen molar-refractivity contribution in [3.05, 3.63) is 155 Å². The lowest BCUT2D eigenvalue weighted by atomic mass is 10.2. The molecule has 0 aliphatic carbocycles. The predicted molar refractivity (Wildman–Crippen MR) is 150 cm³/mol. The van der Waals surface area contributed by atoms with Crippen LogP contribution in [-0.2, 0) is 0 Å². The molecule has 0 amide bonds. The zero-order valence-corrected chi connectivity index (χ0v) is 20.3. The van der Waals surface area contributed by atoms with Crippen LogP contribution < -0.4 is 20.5 Å². The second-order valence-electron chi connectivity index (χ2n) is 8.77. The van der Waals surface area contributed by atoms with Gasteiger partial charge in [0.05, 0.1) is 17.3 Å². The van der Waals surface area contributed by atoms with Crippen LogP contribution in [0.5, 0.6) is 0 Å². The van der Waals surface area contributed by atoms with Crippen molar-refractivity contribution in [2.75, 3.05) is 5.01 Å². The van der Waals surface area contributed by atoms with Gasteiger partial charge in [0, 0.05) is 23.8 Å². The van der Waals surface area contributed by atoms with E-state index in [4.69, 9.17) is 25.5 Å². The molecule has 7 nitrogen and oxygen atoms in total. The largest absolute Gasteiger partial charge is 0.347 e. The standard InChI is InChI=1S/C31H21N7/c1-5-13-22(14-6-1)28-32-30-26(37(35-28)24-17-9-3-10-18-24)21-27-31(34-30)33-29(23-15-7-2-8-16-23)36-38(27)25-19-11-4-12-20-25/h1-21H. The van der Waals surface area contributed by atoms with Crippen molar-refractivity contribution in [1.82, 2.24) is 9.67 Å². The number of anilines is 2. The summed E-state index contributed by atoms with van der Waals surface area (Å²) in [6.07, 6.45) is 0. The van der Waals surface area contributed by atoms with Crippen LogP contribution in [0.4, 0.5) is 22.9 Å². The molecule has 0 saturated carbocycles. The first-order chi connectivity index (χ1) is 18.8. The Morgan fingerprint density at radius 3 is 1.95 bits per heavy atom. The second-order valence-corrected chi connectivity index (χ2v) is 8.77. The zero-order valence-electron chi connectivity index (χ0n) is 20.3. The van der Waals surface area contributed by atoms with Crippen LogP contribution >= 0.6 is 0 Å². The molecule has 1 aromatic heterocycles. The lowest BCUT2D eigenvalue weighted by Gasteiger charge is -2.26. The summed E-state index contributed by atoms with van der Waals surface area (Å²) in [6.45, 7) is 0. The van der Waals surface area contributed by atoms with Crippen molar-refractivity contribution >= 4 is 34.6 Å². The van der Waals surface area contributed by atoms with Crippen LogP contribution in [0.15, 0.2) is 143 Å². The van der Waals surface area contributed by atoms with Crippen LogP contribution in [-0.4, -0.2) is 16.7 Å². The molecule has 0 unspecified atom stereocenters. The van der Waals surface area contributed by atoms with E-state index in [0.717, 1.165) is 33.5 Å². The minimum atomic E-state index is 0.549. The minimum Gasteiger partial charge on any atom is -0.347 e. The highest BCUT2D eigenvalue weighted by molar-refractivity contribution is 6.12. The molecule has 5 aromatic rings. The van der Waals surface area contributed by atoms with E-state index in [1.54, 1.807) is 0 Å². The summed E-state index contributed by atoms with van der Waals surface area (Å²) in [4.78, 5) is 9.85. The van der Waals surface area contributed by atoms with Gasteiger partial charge in [-0.2, -0.15) is 0 Å². The Hall–Kier alpha value is -5.43. The Labute approximate surface area is 219 Å². The Kier molecular flexibility index (Phi) is 5.29. The van der Waals surface area contributed by atoms with Gasteiger partial charge in [0.25, 0.3) is 0 Å². The van der Waals surface area contributed by atoms with Crippen molar-refractivity contribution in [3.63, 3.8) is 0 Å². The molecule has 4 aromatic carbocycles. The number of hydrogen-bond acceptors (Lipinski definition) is 5. The SMILES string of the molecule is c1ccc(C2=NN(c3ccccc3)c3cc4c(nc3=N2)[N-]C(c2ccccc2)=N[N+]=4c2ccccc2)cc1. The van der Waals surface area contributed by atoms with Crippen molar-refractivity contribution in [3.8, 4) is 0 Å². The van der Waals surface area contributed by atoms with Crippen molar-refractivity contribution in [1.29, 1.82) is 0 Å². The van der Waals surface area contributed by atoms with Gasteiger partial charge >= 0.3 is 0 Å². The molecule has 0 spiro atoms. The topological polar surface area (TPSA) is 70.3 Å². The number of pyridine rings is 1. The fourth-order valence-corrected chi connectivity index (χ4v) is 4.44. The Bertz CT molecular complexity index is 1820. The third-order valence-electron chi connectivity index (χ3n) is 6.28. The smallest absolute Gasteiger partial charge is 0.240 e. The first-order valence-electron chi connectivity index (χ1n) is 12.3. The molecule has 2 aliphatic heterocycles. The molecule has 7 heteroatoms. The second kappa shape index (κ2) is 9.22. The summed E-state index contributed by atoms with van der Waals surface area (Å²) in [7, 11) is 0. The molecule has 0 fully saturated rings. The summed E-state index contributed by atoms with van der Waals surface area (Å²) < 4.78 is 1.89. The number of para-hydroxylation sites is 2. The highest BCUT2D eigenvalue weighted by Gasteiger charge is 2.23. The van der Waals surface area contributed by atoms with Crippen LogP contribution in [0.3, 0.4) is 0 Å². The number of hydrazone groups is 2. The first kappa shape index (κ1) is 21.8. The van der Waals surface area contributed by atoms with E-state index in [1.165, 1.54) is 0 Å². The van der Waals surface area contributed by atoms with Gasteiger partial charge in [-0.3, -0.25) is 0 Å². The maximum absolute atomic E-state index is 4.98. The fourth-order valence-electron chi connectivity index (χ4n) is 4.44. The maximum Gasteiger partial charge on any atom is 0.240 e. The highest BCUT2D eigenvalue weighted by Crippen LogP contribution is 2.27. The molecule has 2 aliphatic rings. The van der Waals surface area contributed by atoms with Crippen molar-refractivity contribution < 1.29 is 0 Å². The third-order valence-corrected chi connectivity index (χ3v) is 6.28. The minimum absolute atomic E-state index is 0.549. The van der Waals surface area contributed by atoms with Crippen LogP contribution in [0.1, 0.15) is 11.1 Å². The number of fused-ring (bicyclic) bond motifs is 2. The van der Waals surface area contributed by atoms with E-state index in [0.29, 0.717) is 23.0 Å². The summed E-state index contributed by atoms with van der Waals surface area (Å²) >= 11 is 0. The number of aromatic nitrogens is 1. The molecule has 0 radical (unpaired) electrons. The first-order valence-corrected chi connectivity index (χ1v) is 12.3. The Morgan fingerprint density at radius 2 is 1.26 bits per heavy atom. The Morgan fingerprint density at radius 1 is 0.658 bits per heavy atom. The van der Waals surface area contributed by atoms with E-state index in [2.05, 4.69) is 0 Å². The molecular formula is C31H21N7. The monoisotopic (exact) mass is 491 g/mol. The number of benzene rings is 4. The van der Waals surface area contributed by atoms with E-state index >= 15 is 0 Å². The summed E-state index contributed by atoms with van der Waals surface area (Å²) in [5.74, 6) is 1.72. The van der Waals surface area contributed by atoms with Gasteiger partial charge in [-0.15, -0.1) is 14.9 Å².